The van der Waals surface area contributed by atoms with Crippen LogP contribution in [0.15, 0.2) is 36.8 Å². The van der Waals surface area contributed by atoms with E-state index < -0.39 is 6.10 Å². The van der Waals surface area contributed by atoms with E-state index in [1.807, 2.05) is 25.2 Å². The third-order valence-corrected chi connectivity index (χ3v) is 4.19. The summed E-state index contributed by atoms with van der Waals surface area (Å²) in [6.45, 7) is 1.71. The van der Waals surface area contributed by atoms with E-state index in [0.717, 1.165) is 43.3 Å². The van der Waals surface area contributed by atoms with Crippen LogP contribution in [0.1, 0.15) is 24.5 Å². The van der Waals surface area contributed by atoms with Crippen LogP contribution in [-0.2, 0) is 0 Å². The van der Waals surface area contributed by atoms with Crippen LogP contribution in [0, 0.1) is 5.92 Å². The molecule has 0 aromatic carbocycles. The molecule has 6 nitrogen and oxygen atoms in total. The highest BCUT2D eigenvalue weighted by Gasteiger charge is 2.27. The van der Waals surface area contributed by atoms with Crippen molar-refractivity contribution in [1.82, 2.24) is 15.0 Å². The SMILES string of the molecule is CNc1ccnc(N2CCC(C(O)c3cccnc3)CC2)n1. The van der Waals surface area contributed by atoms with Gasteiger partial charge in [-0.15, -0.1) is 0 Å². The van der Waals surface area contributed by atoms with Crippen molar-refractivity contribution in [1.29, 1.82) is 0 Å². The molecule has 0 spiro atoms. The molecule has 1 saturated heterocycles. The number of aromatic nitrogens is 3. The lowest BCUT2D eigenvalue weighted by Crippen LogP contribution is -2.36. The summed E-state index contributed by atoms with van der Waals surface area (Å²) < 4.78 is 0. The van der Waals surface area contributed by atoms with Crippen molar-refractivity contribution < 1.29 is 5.11 Å². The van der Waals surface area contributed by atoms with Crippen LogP contribution in [-0.4, -0.2) is 40.2 Å². The Bertz CT molecular complexity index is 598. The summed E-state index contributed by atoms with van der Waals surface area (Å²) in [6, 6.07) is 5.65. The van der Waals surface area contributed by atoms with Gasteiger partial charge < -0.3 is 15.3 Å². The van der Waals surface area contributed by atoms with Crippen LogP contribution in [0.2, 0.25) is 0 Å². The quantitative estimate of drug-likeness (QED) is 0.897. The Labute approximate surface area is 130 Å². The van der Waals surface area contributed by atoms with Gasteiger partial charge in [0.1, 0.15) is 5.82 Å². The molecule has 6 heteroatoms. The molecule has 1 aliphatic heterocycles. The second-order valence-electron chi connectivity index (χ2n) is 5.55. The third-order valence-electron chi connectivity index (χ3n) is 4.19. The number of nitrogens with zero attached hydrogens (tertiary/aromatic N) is 4. The van der Waals surface area contributed by atoms with Crippen LogP contribution in [0.25, 0.3) is 0 Å². The van der Waals surface area contributed by atoms with Crippen LogP contribution in [0.3, 0.4) is 0 Å². The first kappa shape index (κ1) is 14.7. The summed E-state index contributed by atoms with van der Waals surface area (Å²) in [5, 5.41) is 13.5. The normalized spacial score (nSPS) is 17.3. The average molecular weight is 299 g/mol. The standard InChI is InChI=1S/C16H21N5O/c1-17-14-4-8-19-16(20-14)21-9-5-12(6-10-21)15(22)13-3-2-7-18-11-13/h2-4,7-8,11-12,15,22H,5-6,9-10H2,1H3,(H,17,19,20). The molecule has 0 saturated carbocycles. The summed E-state index contributed by atoms with van der Waals surface area (Å²) >= 11 is 0. The van der Waals surface area contributed by atoms with Crippen molar-refractivity contribution in [2.24, 2.45) is 5.92 Å². The van der Waals surface area contributed by atoms with Gasteiger partial charge in [0, 0.05) is 38.7 Å². The van der Waals surface area contributed by atoms with Crippen LogP contribution in [0.5, 0.6) is 0 Å². The van der Waals surface area contributed by atoms with Crippen molar-refractivity contribution in [3.8, 4) is 0 Å². The molecule has 2 N–H and O–H groups in total. The van der Waals surface area contributed by atoms with Gasteiger partial charge in [-0.2, -0.15) is 4.98 Å². The summed E-state index contributed by atoms with van der Waals surface area (Å²) in [5.74, 6) is 1.83. The highest BCUT2D eigenvalue weighted by atomic mass is 16.3. The average Bonchev–Trinajstić information content (AvgIpc) is 2.62. The van der Waals surface area contributed by atoms with E-state index in [4.69, 9.17) is 0 Å². The Balaban J connectivity index is 1.62. The predicted molar refractivity (Wildman–Crippen MR) is 85.7 cm³/mol. The Morgan fingerprint density at radius 2 is 2.09 bits per heavy atom. The second kappa shape index (κ2) is 6.70. The molecule has 0 aliphatic carbocycles. The smallest absolute Gasteiger partial charge is 0.227 e. The Morgan fingerprint density at radius 3 is 2.77 bits per heavy atom. The maximum atomic E-state index is 10.5. The summed E-state index contributed by atoms with van der Waals surface area (Å²) in [5.41, 5.74) is 0.898. The van der Waals surface area contributed by atoms with Gasteiger partial charge in [-0.1, -0.05) is 6.07 Å². The molecule has 0 radical (unpaired) electrons. The van der Waals surface area contributed by atoms with Crippen molar-refractivity contribution in [3.05, 3.63) is 42.4 Å². The van der Waals surface area contributed by atoms with E-state index >= 15 is 0 Å². The van der Waals surface area contributed by atoms with E-state index in [9.17, 15) is 5.11 Å². The number of piperidine rings is 1. The summed E-state index contributed by atoms with van der Waals surface area (Å²) in [4.78, 5) is 15.1. The van der Waals surface area contributed by atoms with E-state index in [-0.39, 0.29) is 5.92 Å². The number of aliphatic hydroxyl groups excluding tert-OH is 1. The molecule has 116 valence electrons. The maximum absolute atomic E-state index is 10.5. The zero-order valence-corrected chi connectivity index (χ0v) is 12.7. The maximum Gasteiger partial charge on any atom is 0.227 e. The molecule has 1 fully saturated rings. The monoisotopic (exact) mass is 299 g/mol. The van der Waals surface area contributed by atoms with Crippen molar-refractivity contribution in [2.75, 3.05) is 30.4 Å². The van der Waals surface area contributed by atoms with Gasteiger partial charge in [-0.3, -0.25) is 4.98 Å². The van der Waals surface area contributed by atoms with Gasteiger partial charge >= 0.3 is 0 Å². The highest BCUT2D eigenvalue weighted by Crippen LogP contribution is 2.31. The lowest BCUT2D eigenvalue weighted by atomic mass is 9.88. The molecule has 3 rings (SSSR count). The van der Waals surface area contributed by atoms with Gasteiger partial charge in [-0.05, 0) is 36.5 Å². The number of aliphatic hydroxyl groups is 1. The zero-order valence-electron chi connectivity index (χ0n) is 12.7. The Morgan fingerprint density at radius 1 is 1.27 bits per heavy atom. The Hall–Kier alpha value is -2.21. The molecule has 1 unspecified atom stereocenters. The molecular formula is C16H21N5O. The summed E-state index contributed by atoms with van der Waals surface area (Å²) in [7, 11) is 1.85. The fourth-order valence-electron chi connectivity index (χ4n) is 2.88. The van der Waals surface area contributed by atoms with E-state index in [1.54, 1.807) is 18.6 Å². The third kappa shape index (κ3) is 3.17. The Kier molecular flexibility index (Phi) is 4.48. The molecule has 3 heterocycles. The number of hydrogen-bond donors (Lipinski definition) is 2. The topological polar surface area (TPSA) is 74.2 Å². The van der Waals surface area contributed by atoms with Crippen LogP contribution >= 0.6 is 0 Å². The van der Waals surface area contributed by atoms with Crippen LogP contribution in [0.4, 0.5) is 11.8 Å². The van der Waals surface area contributed by atoms with Crippen molar-refractivity contribution in [3.63, 3.8) is 0 Å². The minimum absolute atomic E-state index is 0.257. The fourth-order valence-corrected chi connectivity index (χ4v) is 2.88. The van der Waals surface area contributed by atoms with Gasteiger partial charge in [-0.25, -0.2) is 4.98 Å². The number of hydrogen-bond acceptors (Lipinski definition) is 6. The molecule has 0 amide bonds. The van der Waals surface area contributed by atoms with E-state index in [1.165, 1.54) is 0 Å². The first-order valence-electron chi connectivity index (χ1n) is 7.61. The van der Waals surface area contributed by atoms with Gasteiger partial charge in [0.2, 0.25) is 5.95 Å². The number of anilines is 2. The van der Waals surface area contributed by atoms with Crippen molar-refractivity contribution >= 4 is 11.8 Å². The van der Waals surface area contributed by atoms with Gasteiger partial charge in [0.15, 0.2) is 0 Å². The minimum Gasteiger partial charge on any atom is -0.388 e. The molecule has 2 aromatic rings. The first-order valence-corrected chi connectivity index (χ1v) is 7.61. The van der Waals surface area contributed by atoms with E-state index in [2.05, 4.69) is 25.2 Å². The zero-order chi connectivity index (χ0) is 15.4. The van der Waals surface area contributed by atoms with E-state index in [0.29, 0.717) is 0 Å². The largest absolute Gasteiger partial charge is 0.388 e. The first-order chi connectivity index (χ1) is 10.8. The lowest BCUT2D eigenvalue weighted by molar-refractivity contribution is 0.0924. The molecule has 1 atom stereocenters. The molecule has 0 bridgehead atoms. The molecule has 2 aromatic heterocycles. The highest BCUT2D eigenvalue weighted by molar-refractivity contribution is 5.41. The number of rotatable bonds is 4. The van der Waals surface area contributed by atoms with Crippen molar-refractivity contribution in [2.45, 2.75) is 18.9 Å². The second-order valence-corrected chi connectivity index (χ2v) is 5.55. The minimum atomic E-state index is -0.444. The number of pyridine rings is 1. The molecule has 22 heavy (non-hydrogen) atoms. The summed E-state index contributed by atoms with van der Waals surface area (Å²) in [6.07, 6.45) is 6.64. The van der Waals surface area contributed by atoms with Gasteiger partial charge in [0.05, 0.1) is 6.10 Å². The lowest BCUT2D eigenvalue weighted by Gasteiger charge is -2.34. The fraction of sp³-hybridized carbons (Fsp3) is 0.438. The van der Waals surface area contributed by atoms with Gasteiger partial charge in [0.25, 0.3) is 0 Å². The number of nitrogens with one attached hydrogen (secondary N) is 1. The molecular weight excluding hydrogens is 278 g/mol. The molecule has 1 aliphatic rings. The predicted octanol–water partition coefficient (Wildman–Crippen LogP) is 1.86. The van der Waals surface area contributed by atoms with Crippen LogP contribution < -0.4 is 10.2 Å².